The summed E-state index contributed by atoms with van der Waals surface area (Å²) in [6.07, 6.45) is 0. The lowest BCUT2D eigenvalue weighted by Crippen LogP contribution is -2.33. The summed E-state index contributed by atoms with van der Waals surface area (Å²) in [6, 6.07) is 3.80. The van der Waals surface area contributed by atoms with Crippen LogP contribution in [0.1, 0.15) is 10.4 Å². The SMILES string of the molecule is COCCNS(=O)(=O)Nc1cc(Cl)ccc1C(=O)O. The fraction of sp³-hybridized carbons (Fsp3) is 0.300. The van der Waals surface area contributed by atoms with E-state index in [1.165, 1.54) is 25.3 Å². The Hall–Kier alpha value is -1.35. The number of halogens is 1. The van der Waals surface area contributed by atoms with Gasteiger partial charge in [0.1, 0.15) is 0 Å². The van der Waals surface area contributed by atoms with Crippen LogP contribution in [0.2, 0.25) is 5.02 Å². The van der Waals surface area contributed by atoms with Gasteiger partial charge in [-0.2, -0.15) is 13.1 Å². The first-order chi connectivity index (χ1) is 8.85. The summed E-state index contributed by atoms with van der Waals surface area (Å²) in [5.41, 5.74) is -0.300. The molecule has 0 aliphatic heterocycles. The molecule has 1 aromatic rings. The van der Waals surface area contributed by atoms with Gasteiger partial charge >= 0.3 is 5.97 Å². The molecule has 0 saturated carbocycles. The number of ether oxygens (including phenoxy) is 1. The van der Waals surface area contributed by atoms with E-state index in [9.17, 15) is 13.2 Å². The topological polar surface area (TPSA) is 105 Å². The van der Waals surface area contributed by atoms with Gasteiger partial charge in [0, 0.05) is 18.7 Å². The number of hydrogen-bond acceptors (Lipinski definition) is 4. The Morgan fingerprint density at radius 2 is 2.16 bits per heavy atom. The van der Waals surface area contributed by atoms with Gasteiger partial charge in [-0.1, -0.05) is 11.6 Å². The first kappa shape index (κ1) is 15.7. The summed E-state index contributed by atoms with van der Waals surface area (Å²) >= 11 is 5.71. The lowest BCUT2D eigenvalue weighted by molar-refractivity contribution is 0.0698. The maximum atomic E-state index is 11.6. The zero-order valence-corrected chi connectivity index (χ0v) is 11.6. The molecule has 7 nitrogen and oxygen atoms in total. The molecule has 0 heterocycles. The molecule has 0 atom stereocenters. The number of carboxylic acids is 1. The predicted octanol–water partition coefficient (Wildman–Crippen LogP) is 0.931. The van der Waals surface area contributed by atoms with Crippen LogP contribution in [0.15, 0.2) is 18.2 Å². The Morgan fingerprint density at radius 1 is 1.47 bits per heavy atom. The number of carbonyl (C=O) groups is 1. The highest BCUT2D eigenvalue weighted by Crippen LogP contribution is 2.21. The van der Waals surface area contributed by atoms with Gasteiger partial charge in [0.15, 0.2) is 0 Å². The highest BCUT2D eigenvalue weighted by molar-refractivity contribution is 7.90. The zero-order valence-electron chi connectivity index (χ0n) is 10.0. The van der Waals surface area contributed by atoms with E-state index in [1.807, 2.05) is 0 Å². The van der Waals surface area contributed by atoms with Crippen molar-refractivity contribution in [1.29, 1.82) is 0 Å². The third-order valence-corrected chi connectivity index (χ3v) is 3.36. The highest BCUT2D eigenvalue weighted by Gasteiger charge is 2.16. The van der Waals surface area contributed by atoms with E-state index < -0.39 is 16.2 Å². The molecule has 0 fully saturated rings. The molecule has 3 N–H and O–H groups in total. The van der Waals surface area contributed by atoms with E-state index in [2.05, 4.69) is 9.44 Å². The van der Waals surface area contributed by atoms with Crippen LogP contribution in [0.4, 0.5) is 5.69 Å². The maximum absolute atomic E-state index is 11.6. The third kappa shape index (κ3) is 5.03. The molecule has 19 heavy (non-hydrogen) atoms. The molecule has 0 amide bonds. The first-order valence-electron chi connectivity index (χ1n) is 5.15. The minimum absolute atomic E-state index is 0.0643. The van der Waals surface area contributed by atoms with E-state index in [0.717, 1.165) is 0 Å². The largest absolute Gasteiger partial charge is 0.478 e. The number of methoxy groups -OCH3 is 1. The number of benzene rings is 1. The second kappa shape index (κ2) is 6.71. The summed E-state index contributed by atoms with van der Waals surface area (Å²) in [7, 11) is -2.45. The molecule has 0 spiro atoms. The molecule has 0 aromatic heterocycles. The summed E-state index contributed by atoms with van der Waals surface area (Å²) in [5, 5.41) is 9.17. The van der Waals surface area contributed by atoms with Gasteiger partial charge in [0.05, 0.1) is 17.9 Å². The van der Waals surface area contributed by atoms with Crippen molar-refractivity contribution >= 4 is 33.5 Å². The Bertz CT molecular complexity index is 561. The Kier molecular flexibility index (Phi) is 5.55. The second-order valence-electron chi connectivity index (χ2n) is 3.49. The van der Waals surface area contributed by atoms with Crippen LogP contribution in [-0.4, -0.2) is 39.8 Å². The molecular formula is C10H13ClN2O5S. The molecule has 1 aromatic carbocycles. The van der Waals surface area contributed by atoms with Crippen molar-refractivity contribution < 1.29 is 23.1 Å². The molecule has 0 saturated heterocycles. The molecule has 0 aliphatic carbocycles. The second-order valence-corrected chi connectivity index (χ2v) is 5.42. The minimum atomic E-state index is -3.88. The van der Waals surface area contributed by atoms with Crippen LogP contribution in [0.3, 0.4) is 0 Å². The van der Waals surface area contributed by atoms with Crippen LogP contribution in [0, 0.1) is 0 Å². The van der Waals surface area contributed by atoms with Crippen LogP contribution in [0.25, 0.3) is 0 Å². The van der Waals surface area contributed by atoms with Crippen molar-refractivity contribution in [2.24, 2.45) is 0 Å². The van der Waals surface area contributed by atoms with Gasteiger partial charge in [0.25, 0.3) is 10.2 Å². The van der Waals surface area contributed by atoms with Gasteiger partial charge in [0.2, 0.25) is 0 Å². The molecule has 1 rings (SSSR count). The summed E-state index contributed by atoms with van der Waals surface area (Å²) < 4.78 is 32.3. The van der Waals surface area contributed by atoms with Crippen LogP contribution in [0.5, 0.6) is 0 Å². The van der Waals surface area contributed by atoms with Crippen LogP contribution >= 0.6 is 11.6 Å². The van der Waals surface area contributed by atoms with E-state index in [4.69, 9.17) is 21.4 Å². The van der Waals surface area contributed by atoms with Gasteiger partial charge in [-0.3, -0.25) is 4.72 Å². The predicted molar refractivity (Wildman–Crippen MR) is 70.8 cm³/mol. The average Bonchev–Trinajstić information content (AvgIpc) is 2.28. The van der Waals surface area contributed by atoms with Crippen molar-refractivity contribution in [3.05, 3.63) is 28.8 Å². The van der Waals surface area contributed by atoms with Gasteiger partial charge in [-0.15, -0.1) is 0 Å². The van der Waals surface area contributed by atoms with Crippen molar-refractivity contribution in [3.63, 3.8) is 0 Å². The quantitative estimate of drug-likeness (QED) is 0.650. The first-order valence-corrected chi connectivity index (χ1v) is 7.01. The zero-order chi connectivity index (χ0) is 14.5. The Balaban J connectivity index is 2.92. The van der Waals surface area contributed by atoms with Gasteiger partial charge < -0.3 is 9.84 Å². The molecule has 0 bridgehead atoms. The monoisotopic (exact) mass is 308 g/mol. The number of nitrogens with one attached hydrogen (secondary N) is 2. The fourth-order valence-corrected chi connectivity index (χ4v) is 2.30. The van der Waals surface area contributed by atoms with E-state index >= 15 is 0 Å². The molecular weight excluding hydrogens is 296 g/mol. The number of anilines is 1. The van der Waals surface area contributed by atoms with Crippen molar-refractivity contribution in [1.82, 2.24) is 4.72 Å². The normalized spacial score (nSPS) is 11.3. The van der Waals surface area contributed by atoms with Gasteiger partial charge in [-0.05, 0) is 18.2 Å². The summed E-state index contributed by atoms with van der Waals surface area (Å²) in [4.78, 5) is 11.0. The summed E-state index contributed by atoms with van der Waals surface area (Å²) in [5.74, 6) is -1.26. The van der Waals surface area contributed by atoms with E-state index in [-0.39, 0.29) is 29.4 Å². The molecule has 106 valence electrons. The molecule has 0 radical (unpaired) electrons. The fourth-order valence-electron chi connectivity index (χ4n) is 1.25. The lowest BCUT2D eigenvalue weighted by Gasteiger charge is -2.11. The van der Waals surface area contributed by atoms with Crippen LogP contribution in [-0.2, 0) is 14.9 Å². The van der Waals surface area contributed by atoms with Gasteiger partial charge in [-0.25, -0.2) is 4.79 Å². The van der Waals surface area contributed by atoms with E-state index in [1.54, 1.807) is 0 Å². The summed E-state index contributed by atoms with van der Waals surface area (Å²) in [6.45, 7) is 0.261. The maximum Gasteiger partial charge on any atom is 0.337 e. The molecule has 9 heteroatoms. The smallest absolute Gasteiger partial charge is 0.337 e. The van der Waals surface area contributed by atoms with Crippen molar-refractivity contribution in [3.8, 4) is 0 Å². The number of rotatable bonds is 7. The Labute approximate surface area is 115 Å². The standard InChI is InChI=1S/C10H13ClN2O5S/c1-18-5-4-12-19(16,17)13-9-6-7(11)2-3-8(9)10(14)15/h2-3,6,12-13H,4-5H2,1H3,(H,14,15). The minimum Gasteiger partial charge on any atom is -0.478 e. The van der Waals surface area contributed by atoms with E-state index in [0.29, 0.717) is 0 Å². The number of carboxylic acid groups (broad SMARTS) is 1. The van der Waals surface area contributed by atoms with Crippen molar-refractivity contribution in [2.45, 2.75) is 0 Å². The third-order valence-electron chi connectivity index (χ3n) is 2.05. The number of hydrogen-bond donors (Lipinski definition) is 3. The number of aromatic carboxylic acids is 1. The van der Waals surface area contributed by atoms with Crippen molar-refractivity contribution in [2.75, 3.05) is 25.0 Å². The highest BCUT2D eigenvalue weighted by atomic mass is 35.5. The Morgan fingerprint density at radius 3 is 2.74 bits per heavy atom. The lowest BCUT2D eigenvalue weighted by atomic mass is 10.2. The van der Waals surface area contributed by atoms with Crippen LogP contribution < -0.4 is 9.44 Å². The molecule has 0 aliphatic rings. The molecule has 0 unspecified atom stereocenters. The average molecular weight is 309 g/mol.